The molecule has 78 heavy (non-hydrogen) atoms. The molecular formula is C58H66Cl2N4O12S2. The summed E-state index contributed by atoms with van der Waals surface area (Å²) in [5.74, 6) is 0.577. The lowest BCUT2D eigenvalue weighted by Gasteiger charge is -2.45. The maximum absolute atomic E-state index is 13.0. The summed E-state index contributed by atoms with van der Waals surface area (Å²) in [6.45, 7) is 4.00. The first-order chi connectivity index (χ1) is 37.5. The number of halogens is 2. The van der Waals surface area contributed by atoms with Crippen molar-refractivity contribution in [2.45, 2.75) is 87.2 Å². The highest BCUT2D eigenvalue weighted by atomic mass is 35.5. The normalized spacial score (nSPS) is 31.1. The van der Waals surface area contributed by atoms with Crippen molar-refractivity contribution < 1.29 is 55.6 Å². The largest absolute Gasteiger partial charge is 0.490 e. The van der Waals surface area contributed by atoms with Gasteiger partial charge in [0.2, 0.25) is 0 Å². The number of nitrogens with zero attached hydrogens (tertiary/aromatic N) is 2. The number of hydrogen-bond acceptors (Lipinski definition) is 14. The van der Waals surface area contributed by atoms with Gasteiger partial charge >= 0.3 is 0 Å². The van der Waals surface area contributed by atoms with Gasteiger partial charge in [-0.05, 0) is 183 Å². The lowest BCUT2D eigenvalue weighted by atomic mass is 9.68. The van der Waals surface area contributed by atoms with Crippen LogP contribution in [0, 0.1) is 23.7 Å². The third-order valence-corrected chi connectivity index (χ3v) is 20.0. The van der Waals surface area contributed by atoms with E-state index in [-0.39, 0.29) is 72.1 Å². The lowest BCUT2D eigenvalue weighted by Crippen LogP contribution is -2.50. The van der Waals surface area contributed by atoms with Crippen molar-refractivity contribution in [1.29, 1.82) is 0 Å². The van der Waals surface area contributed by atoms with Crippen LogP contribution in [0.4, 0.5) is 11.4 Å². The highest BCUT2D eigenvalue weighted by Crippen LogP contribution is 2.49. The number of anilines is 2. The summed E-state index contributed by atoms with van der Waals surface area (Å²) < 4.78 is 78.1. The minimum Gasteiger partial charge on any atom is -0.490 e. The highest BCUT2D eigenvalue weighted by molar-refractivity contribution is 7.93. The number of ether oxygens (including phenoxy) is 4. The fourth-order valence-electron chi connectivity index (χ4n) is 13.3. The monoisotopic (exact) mass is 1140 g/mol. The zero-order valence-corrected chi connectivity index (χ0v) is 46.4. The molecule has 8 aliphatic rings. The smallest absolute Gasteiger partial charge is 0.265 e. The summed E-state index contributed by atoms with van der Waals surface area (Å²) >= 11 is 12.7. The SMILES string of the molecule is O=C1NS(=O)(=O)/C=C/COC[C@@H](O)[C@@H]2CC[C@H]2CN2C[C@@]3(CCCc4cc(Cl)ccc43)COc3ccc1cc32.O=C1NS(=O)(=O)/C=C/COC[C@H](O)[C@@H]2CC[C@H]2CN2C[C@@]3(CCCc4cc(Cl)ccc43)COc3ccc1cc32. The van der Waals surface area contributed by atoms with E-state index in [1.165, 1.54) is 34.4 Å². The van der Waals surface area contributed by atoms with Gasteiger partial charge in [0.1, 0.15) is 11.5 Å². The van der Waals surface area contributed by atoms with E-state index >= 15 is 0 Å². The van der Waals surface area contributed by atoms with Crippen molar-refractivity contribution in [1.82, 2.24) is 9.44 Å². The van der Waals surface area contributed by atoms with Gasteiger partial charge in [-0.2, -0.15) is 0 Å². The molecule has 4 heterocycles. The van der Waals surface area contributed by atoms with E-state index in [2.05, 4.69) is 43.5 Å². The number of sulfonamides is 2. The molecule has 0 saturated heterocycles. The first kappa shape index (κ1) is 54.8. The van der Waals surface area contributed by atoms with Gasteiger partial charge in [0.25, 0.3) is 31.9 Å². The highest BCUT2D eigenvalue weighted by Gasteiger charge is 2.47. The number of rotatable bonds is 0. The van der Waals surface area contributed by atoms with E-state index in [4.69, 9.17) is 42.1 Å². The Bertz CT molecular complexity index is 3040. The number of amides is 2. The van der Waals surface area contributed by atoms with Crippen molar-refractivity contribution in [2.24, 2.45) is 23.7 Å². The van der Waals surface area contributed by atoms with Crippen LogP contribution >= 0.6 is 23.2 Å². The maximum atomic E-state index is 13.0. The number of nitrogens with one attached hydrogen (secondary N) is 2. The number of aliphatic hydroxyl groups excluding tert-OH is 2. The Morgan fingerprint density at radius 2 is 1.01 bits per heavy atom. The van der Waals surface area contributed by atoms with Crippen LogP contribution in [0.15, 0.2) is 95.8 Å². The van der Waals surface area contributed by atoms with Gasteiger partial charge in [-0.1, -0.05) is 35.3 Å². The number of aryl methyl sites for hydroxylation is 2. The van der Waals surface area contributed by atoms with Gasteiger partial charge in [-0.25, -0.2) is 26.3 Å². The average molecular weight is 1150 g/mol. The van der Waals surface area contributed by atoms with E-state index in [0.29, 0.717) is 50.9 Å². The second-order valence-electron chi connectivity index (χ2n) is 22.5. The molecule has 4 aromatic rings. The first-order valence-electron chi connectivity index (χ1n) is 27.1. The Morgan fingerprint density at radius 3 is 1.42 bits per heavy atom. The molecule has 8 atom stereocenters. The van der Waals surface area contributed by atoms with Crippen LogP contribution in [0.25, 0.3) is 0 Å². The van der Waals surface area contributed by atoms with Crippen LogP contribution in [0.5, 0.6) is 11.5 Å². The predicted molar refractivity (Wildman–Crippen MR) is 298 cm³/mol. The van der Waals surface area contributed by atoms with E-state index in [9.17, 15) is 36.6 Å². The standard InChI is InChI=1S/2C29H33ClN2O6S/c2*30-22-6-8-24-19(13-22)3-1-10-29(24)17-32-15-21-4-7-23(21)26(33)16-37-11-2-12-39(35,36)31-28(34)20-5-9-27(38-18-29)25(32)14-20/h2*2,5-6,8-9,12-14,21,23,26,33H,1,3-4,7,10-11,15-18H2,(H,31,34)/b2*12-2+/t21-,23+,26+,29-;21-,23+,26-,29-/m00/s1. The Morgan fingerprint density at radius 1 is 0.577 bits per heavy atom. The molecule has 2 saturated carbocycles. The molecule has 4 aromatic carbocycles. The number of carbonyl (C=O) groups is 2. The molecular weight excluding hydrogens is 1080 g/mol. The molecule has 4 N–H and O–H groups in total. The number of carbonyl (C=O) groups excluding carboxylic acids is 2. The van der Waals surface area contributed by atoms with Crippen LogP contribution in [0.3, 0.4) is 0 Å². The molecule has 16 nitrogen and oxygen atoms in total. The summed E-state index contributed by atoms with van der Waals surface area (Å²) in [6.07, 6.45) is 11.1. The summed E-state index contributed by atoms with van der Waals surface area (Å²) in [5.41, 5.74) is 6.43. The van der Waals surface area contributed by atoms with Gasteiger partial charge < -0.3 is 39.0 Å². The van der Waals surface area contributed by atoms with Gasteiger partial charge in [0.15, 0.2) is 0 Å². The fourth-order valence-corrected chi connectivity index (χ4v) is 15.2. The van der Waals surface area contributed by atoms with E-state index < -0.39 is 44.1 Å². The lowest BCUT2D eigenvalue weighted by molar-refractivity contribution is -0.0368. The summed E-state index contributed by atoms with van der Waals surface area (Å²) in [4.78, 5) is 30.6. The van der Waals surface area contributed by atoms with E-state index in [1.54, 1.807) is 36.4 Å². The quantitative estimate of drug-likeness (QED) is 0.134. The number of benzene rings is 4. The van der Waals surface area contributed by atoms with Gasteiger partial charge in [-0.3, -0.25) is 9.59 Å². The zero-order chi connectivity index (χ0) is 54.4. The molecule has 2 amide bonds. The van der Waals surface area contributed by atoms with Crippen LogP contribution in [0.1, 0.15) is 94.3 Å². The zero-order valence-electron chi connectivity index (χ0n) is 43.3. The molecule has 0 unspecified atom stereocenters. The summed E-state index contributed by atoms with van der Waals surface area (Å²) in [5, 5.41) is 25.1. The van der Waals surface area contributed by atoms with Crippen molar-refractivity contribution in [3.63, 3.8) is 0 Å². The van der Waals surface area contributed by atoms with Crippen molar-refractivity contribution in [3.05, 3.63) is 139 Å². The molecule has 20 heteroatoms. The molecule has 416 valence electrons. The Balaban J connectivity index is 0.000000165. The molecule has 4 bridgehead atoms. The number of aliphatic hydroxyl groups is 2. The minimum atomic E-state index is -4.01. The minimum absolute atomic E-state index is 0.0256. The van der Waals surface area contributed by atoms with Crippen LogP contribution in [0.2, 0.25) is 10.0 Å². The van der Waals surface area contributed by atoms with Crippen molar-refractivity contribution in [2.75, 3.05) is 75.6 Å². The summed E-state index contributed by atoms with van der Waals surface area (Å²) in [7, 11) is -8.02. The van der Waals surface area contributed by atoms with Gasteiger partial charge in [-0.15, -0.1) is 0 Å². The molecule has 2 fully saturated rings. The average Bonchev–Trinajstić information content (AvgIpc) is 3.82. The second kappa shape index (κ2) is 22.4. The van der Waals surface area contributed by atoms with Crippen molar-refractivity contribution >= 4 is 66.4 Å². The van der Waals surface area contributed by atoms with Crippen molar-refractivity contribution in [3.8, 4) is 11.5 Å². The molecule has 12 rings (SSSR count). The van der Waals surface area contributed by atoms with Crippen LogP contribution < -0.4 is 28.7 Å². The Labute approximate surface area is 466 Å². The van der Waals surface area contributed by atoms with Gasteiger partial charge in [0, 0.05) is 69.0 Å². The number of fused-ring (bicyclic) bond motifs is 8. The molecule has 4 aliphatic heterocycles. The van der Waals surface area contributed by atoms with E-state index in [1.807, 2.05) is 12.1 Å². The van der Waals surface area contributed by atoms with E-state index in [0.717, 1.165) is 96.4 Å². The molecule has 0 radical (unpaired) electrons. The third kappa shape index (κ3) is 11.6. The molecule has 0 aromatic heterocycles. The molecule has 2 spiro atoms. The van der Waals surface area contributed by atoms with Gasteiger partial charge in [0.05, 0.1) is 63.2 Å². The first-order valence-corrected chi connectivity index (χ1v) is 30.9. The topological polar surface area (TPSA) is 210 Å². The Kier molecular flexibility index (Phi) is 15.7. The fraction of sp³-hybridized carbons (Fsp3) is 0.483. The van der Waals surface area contributed by atoms with Crippen LogP contribution in [-0.4, -0.2) is 117 Å². The maximum Gasteiger partial charge on any atom is 0.265 e. The predicted octanol–water partition coefficient (Wildman–Crippen LogP) is 7.61. The Hall–Kier alpha value is -5.18. The second-order valence-corrected chi connectivity index (χ2v) is 26.5. The third-order valence-electron chi connectivity index (χ3n) is 17.5. The number of hydrogen-bond donors (Lipinski definition) is 4. The summed E-state index contributed by atoms with van der Waals surface area (Å²) in [6, 6.07) is 22.4. The molecule has 4 aliphatic carbocycles. The van der Waals surface area contributed by atoms with Crippen LogP contribution in [-0.2, 0) is 53.2 Å².